The van der Waals surface area contributed by atoms with Crippen LogP contribution in [0.2, 0.25) is 0 Å². The molecule has 0 heterocycles. The lowest BCUT2D eigenvalue weighted by Gasteiger charge is -2.13. The third kappa shape index (κ3) is 15.9. The summed E-state index contributed by atoms with van der Waals surface area (Å²) in [4.78, 5) is 13.3. The van der Waals surface area contributed by atoms with Crippen molar-refractivity contribution in [2.45, 2.75) is 96.8 Å². The maximum atomic E-state index is 11.6. The van der Waals surface area contributed by atoms with Crippen LogP contribution >= 0.6 is 0 Å². The van der Waals surface area contributed by atoms with Crippen molar-refractivity contribution in [2.75, 3.05) is 13.6 Å². The third-order valence-electron chi connectivity index (χ3n) is 4.41. The number of allylic oxidation sites excluding steroid dienone is 2. The Balaban J connectivity index is 3.21. The average molecular weight is 323 g/mol. The molecule has 1 radical (unpaired) electrons. The minimum absolute atomic E-state index is 0.234. The van der Waals surface area contributed by atoms with E-state index in [1.54, 1.807) is 4.90 Å². The summed E-state index contributed by atoms with van der Waals surface area (Å²) in [7, 11) is 1.83. The van der Waals surface area contributed by atoms with Gasteiger partial charge in [0.05, 0.1) is 0 Å². The summed E-state index contributed by atoms with van der Waals surface area (Å²) in [6.07, 6.45) is 22.2. The lowest BCUT2D eigenvalue weighted by Crippen LogP contribution is -2.25. The van der Waals surface area contributed by atoms with Gasteiger partial charge in [0.2, 0.25) is 5.91 Å². The second-order valence-corrected chi connectivity index (χ2v) is 6.65. The molecule has 0 aromatic heterocycles. The monoisotopic (exact) mass is 322 g/mol. The van der Waals surface area contributed by atoms with Crippen LogP contribution in [0.4, 0.5) is 0 Å². The fourth-order valence-corrected chi connectivity index (χ4v) is 2.66. The molecule has 2 nitrogen and oxygen atoms in total. The van der Waals surface area contributed by atoms with E-state index in [9.17, 15) is 4.79 Å². The number of carbonyl (C=O) groups is 1. The molecular formula is C21H40NO. The molecule has 0 aromatic rings. The van der Waals surface area contributed by atoms with Gasteiger partial charge in [-0.05, 0) is 39.0 Å². The Labute approximate surface area is 145 Å². The van der Waals surface area contributed by atoms with Crippen molar-refractivity contribution < 1.29 is 4.79 Å². The minimum Gasteiger partial charge on any atom is -0.346 e. The van der Waals surface area contributed by atoms with Crippen molar-refractivity contribution in [2.24, 2.45) is 0 Å². The number of carbonyl (C=O) groups excluding carboxylic acids is 1. The fourth-order valence-electron chi connectivity index (χ4n) is 2.66. The van der Waals surface area contributed by atoms with Gasteiger partial charge >= 0.3 is 0 Å². The smallest absolute Gasteiger partial charge is 0.222 e. The summed E-state index contributed by atoms with van der Waals surface area (Å²) in [5, 5.41) is 0. The number of amides is 1. The number of nitrogens with zero attached hydrogens (tertiary/aromatic N) is 1. The third-order valence-corrected chi connectivity index (χ3v) is 4.41. The highest BCUT2D eigenvalue weighted by Gasteiger charge is 2.04. The van der Waals surface area contributed by atoms with Crippen LogP contribution in [-0.4, -0.2) is 24.4 Å². The first kappa shape index (κ1) is 22.2. The molecule has 0 aliphatic heterocycles. The molecule has 2 heteroatoms. The molecule has 0 N–H and O–H groups in total. The molecule has 0 unspecified atom stereocenters. The summed E-state index contributed by atoms with van der Waals surface area (Å²) >= 11 is 0. The Morgan fingerprint density at radius 3 is 1.83 bits per heavy atom. The molecule has 23 heavy (non-hydrogen) atoms. The van der Waals surface area contributed by atoms with Gasteiger partial charge in [-0.25, -0.2) is 0 Å². The van der Waals surface area contributed by atoms with Crippen LogP contribution in [0.5, 0.6) is 0 Å². The molecule has 0 rings (SSSR count). The maximum Gasteiger partial charge on any atom is 0.222 e. The van der Waals surface area contributed by atoms with E-state index in [2.05, 4.69) is 26.0 Å². The number of rotatable bonds is 16. The summed E-state index contributed by atoms with van der Waals surface area (Å²) in [5.41, 5.74) is 0. The largest absolute Gasteiger partial charge is 0.346 e. The Hall–Kier alpha value is -0.790. The van der Waals surface area contributed by atoms with E-state index < -0.39 is 0 Å². The molecule has 0 atom stereocenters. The van der Waals surface area contributed by atoms with Crippen molar-refractivity contribution in [1.82, 2.24) is 4.90 Å². The van der Waals surface area contributed by atoms with Gasteiger partial charge in [0, 0.05) is 20.0 Å². The zero-order chi connectivity index (χ0) is 17.2. The Bertz CT molecular complexity index is 286. The zero-order valence-electron chi connectivity index (χ0n) is 15.8. The average Bonchev–Trinajstić information content (AvgIpc) is 2.57. The maximum absolute atomic E-state index is 11.6. The number of unbranched alkanes of at least 4 members (excludes halogenated alkanes) is 11. The molecule has 0 bridgehead atoms. The van der Waals surface area contributed by atoms with Crippen LogP contribution in [-0.2, 0) is 4.79 Å². The van der Waals surface area contributed by atoms with Crippen molar-refractivity contribution in [1.29, 1.82) is 0 Å². The molecule has 1 amide bonds. The molecule has 135 valence electrons. The van der Waals surface area contributed by atoms with E-state index in [1.165, 1.54) is 77.0 Å². The van der Waals surface area contributed by atoms with E-state index in [0.717, 1.165) is 6.42 Å². The van der Waals surface area contributed by atoms with Crippen LogP contribution < -0.4 is 0 Å². The Kier molecular flexibility index (Phi) is 17.0. The van der Waals surface area contributed by atoms with Crippen LogP contribution in [0.1, 0.15) is 96.8 Å². The first-order valence-corrected chi connectivity index (χ1v) is 9.90. The predicted molar refractivity (Wildman–Crippen MR) is 102 cm³/mol. The van der Waals surface area contributed by atoms with Gasteiger partial charge in [-0.3, -0.25) is 4.79 Å². The van der Waals surface area contributed by atoms with Gasteiger partial charge in [0.15, 0.2) is 0 Å². The van der Waals surface area contributed by atoms with Crippen molar-refractivity contribution in [3.63, 3.8) is 0 Å². The minimum atomic E-state index is 0.234. The second-order valence-electron chi connectivity index (χ2n) is 6.65. The molecule has 0 fully saturated rings. The molecular weight excluding hydrogens is 282 g/mol. The molecule has 0 aromatic carbocycles. The van der Waals surface area contributed by atoms with Gasteiger partial charge in [-0.2, -0.15) is 0 Å². The highest BCUT2D eigenvalue weighted by Crippen LogP contribution is 2.10. The first-order valence-electron chi connectivity index (χ1n) is 9.90. The Morgan fingerprint density at radius 2 is 1.30 bits per heavy atom. The van der Waals surface area contributed by atoms with Crippen molar-refractivity contribution in [3.8, 4) is 0 Å². The zero-order valence-corrected chi connectivity index (χ0v) is 15.8. The highest BCUT2D eigenvalue weighted by molar-refractivity contribution is 5.75. The van der Waals surface area contributed by atoms with Gasteiger partial charge < -0.3 is 4.90 Å². The second kappa shape index (κ2) is 17.6. The quantitative estimate of drug-likeness (QED) is 0.241. The number of hydrogen-bond donors (Lipinski definition) is 0. The summed E-state index contributed by atoms with van der Waals surface area (Å²) in [5.74, 6) is 0.234. The van der Waals surface area contributed by atoms with Crippen LogP contribution in [0.15, 0.2) is 12.2 Å². The van der Waals surface area contributed by atoms with Crippen molar-refractivity contribution >= 4 is 5.91 Å². The van der Waals surface area contributed by atoms with E-state index in [0.29, 0.717) is 13.0 Å². The normalized spacial score (nSPS) is 11.3. The predicted octanol–water partition coefficient (Wildman–Crippen LogP) is 6.32. The van der Waals surface area contributed by atoms with Gasteiger partial charge in [0.25, 0.3) is 0 Å². The van der Waals surface area contributed by atoms with Gasteiger partial charge in [-0.15, -0.1) is 0 Å². The summed E-state index contributed by atoms with van der Waals surface area (Å²) < 4.78 is 0. The number of hydrogen-bond acceptors (Lipinski definition) is 1. The molecule has 0 saturated heterocycles. The molecule has 0 aliphatic rings. The highest BCUT2D eigenvalue weighted by atomic mass is 16.2. The van der Waals surface area contributed by atoms with Crippen molar-refractivity contribution in [3.05, 3.63) is 19.1 Å². The molecule has 0 saturated carbocycles. The lowest BCUT2D eigenvalue weighted by molar-refractivity contribution is -0.129. The topological polar surface area (TPSA) is 20.3 Å². The first-order chi connectivity index (χ1) is 11.2. The summed E-state index contributed by atoms with van der Waals surface area (Å²) in [6, 6.07) is 0. The summed E-state index contributed by atoms with van der Waals surface area (Å²) in [6.45, 7) is 6.57. The van der Waals surface area contributed by atoms with Crippen LogP contribution in [0, 0.1) is 6.92 Å². The van der Waals surface area contributed by atoms with E-state index in [1.807, 2.05) is 7.05 Å². The molecule has 0 spiro atoms. The van der Waals surface area contributed by atoms with Gasteiger partial charge in [-0.1, -0.05) is 70.4 Å². The fraction of sp³-hybridized carbons (Fsp3) is 0.810. The van der Waals surface area contributed by atoms with Crippen LogP contribution in [0.25, 0.3) is 0 Å². The standard InChI is InChI=1S/C21H40NO/c1-4-6-7-8-9-10-11-12-13-14-15-16-17-18-19-20-21(23)22(3)5-2/h12-13H,2,4-11,14-20H2,1,3H3/b13-12-. The van der Waals surface area contributed by atoms with Gasteiger partial charge in [0.1, 0.15) is 0 Å². The van der Waals surface area contributed by atoms with E-state index >= 15 is 0 Å². The van der Waals surface area contributed by atoms with E-state index in [-0.39, 0.29) is 5.91 Å². The van der Waals surface area contributed by atoms with Crippen LogP contribution in [0.3, 0.4) is 0 Å². The SMILES string of the molecule is [CH2]CN(C)C(=O)CCCCCCC/C=C\CCCCCCCC. The van der Waals surface area contributed by atoms with E-state index in [4.69, 9.17) is 0 Å². The Morgan fingerprint density at radius 1 is 0.826 bits per heavy atom. The molecule has 0 aliphatic carbocycles. The lowest BCUT2D eigenvalue weighted by atomic mass is 10.1.